The van der Waals surface area contributed by atoms with E-state index in [4.69, 9.17) is 10.5 Å². The second-order valence-corrected chi connectivity index (χ2v) is 3.94. The van der Waals surface area contributed by atoms with E-state index in [1.54, 1.807) is 0 Å². The molecule has 0 unspecified atom stereocenters. The van der Waals surface area contributed by atoms with Crippen molar-refractivity contribution in [2.45, 2.75) is 32.7 Å². The van der Waals surface area contributed by atoms with Gasteiger partial charge in [-0.05, 0) is 26.7 Å². The van der Waals surface area contributed by atoms with Crippen LogP contribution in [0.25, 0.3) is 0 Å². The van der Waals surface area contributed by atoms with Crippen LogP contribution in [-0.4, -0.2) is 24.0 Å². The third-order valence-corrected chi connectivity index (χ3v) is 2.81. The van der Waals surface area contributed by atoms with E-state index in [1.807, 2.05) is 0 Å². The Bertz CT molecular complexity index is 232. The lowest BCUT2D eigenvalue weighted by molar-refractivity contribution is 0.143. The Balaban J connectivity index is 2.58. The monoisotopic (exact) mass is 177 g/mol. The highest BCUT2D eigenvalue weighted by Crippen LogP contribution is 2.30. The normalized spacial score (nSPS) is 22.2. The van der Waals surface area contributed by atoms with Gasteiger partial charge in [0.05, 0.1) is 12.1 Å². The molecule has 0 aromatic heterocycles. The van der Waals surface area contributed by atoms with Crippen LogP contribution < -0.4 is 0 Å². The number of rotatable bonds is 1. The second kappa shape index (κ2) is 3.77. The van der Waals surface area contributed by atoms with Gasteiger partial charge in [0.15, 0.2) is 0 Å². The summed E-state index contributed by atoms with van der Waals surface area (Å²) < 4.78 is 0. The summed E-state index contributed by atoms with van der Waals surface area (Å²) in [5.41, 5.74) is -0.703. The van der Waals surface area contributed by atoms with Crippen molar-refractivity contribution >= 4 is 0 Å². The fourth-order valence-corrected chi connectivity index (χ4v) is 1.67. The second-order valence-electron chi connectivity index (χ2n) is 3.94. The largest absolute Gasteiger partial charge is 0.301 e. The first kappa shape index (κ1) is 10.0. The van der Waals surface area contributed by atoms with Crippen molar-refractivity contribution in [2.75, 3.05) is 13.1 Å². The molecule has 70 valence electrons. The molecule has 0 aliphatic carbocycles. The minimum absolute atomic E-state index is 0.524. The fraction of sp³-hybridized carbons (Fsp3) is 0.800. The van der Waals surface area contributed by atoms with Gasteiger partial charge in [-0.2, -0.15) is 10.5 Å². The molecule has 0 saturated carbocycles. The van der Waals surface area contributed by atoms with Gasteiger partial charge < -0.3 is 4.90 Å². The van der Waals surface area contributed by atoms with Crippen molar-refractivity contribution in [3.05, 3.63) is 0 Å². The highest BCUT2D eigenvalue weighted by atomic mass is 15.1. The average Bonchev–Trinajstić information content (AvgIpc) is 2.18. The molecule has 1 aliphatic heterocycles. The number of likely N-dealkylation sites (tertiary alicyclic amines) is 1. The molecule has 1 saturated heterocycles. The molecular weight excluding hydrogens is 162 g/mol. The van der Waals surface area contributed by atoms with Crippen LogP contribution in [0.15, 0.2) is 0 Å². The van der Waals surface area contributed by atoms with Crippen molar-refractivity contribution in [3.8, 4) is 12.1 Å². The highest BCUT2D eigenvalue weighted by molar-refractivity contribution is 5.15. The number of nitrogens with zero attached hydrogens (tertiary/aromatic N) is 3. The number of hydrogen-bond donors (Lipinski definition) is 0. The quantitative estimate of drug-likeness (QED) is 0.610. The number of hydrogen-bond acceptors (Lipinski definition) is 3. The molecule has 0 spiro atoms. The smallest absolute Gasteiger partial charge is 0.146 e. The summed E-state index contributed by atoms with van der Waals surface area (Å²) in [6.07, 6.45) is 1.39. The molecule has 0 N–H and O–H groups in total. The van der Waals surface area contributed by atoms with Crippen LogP contribution in [0.5, 0.6) is 0 Å². The van der Waals surface area contributed by atoms with Gasteiger partial charge in [0.1, 0.15) is 5.41 Å². The van der Waals surface area contributed by atoms with Crippen molar-refractivity contribution in [1.29, 1.82) is 10.5 Å². The zero-order valence-electron chi connectivity index (χ0n) is 8.25. The Labute approximate surface area is 79.6 Å². The Kier molecular flexibility index (Phi) is 2.90. The maximum Gasteiger partial charge on any atom is 0.146 e. The number of piperidine rings is 1. The van der Waals surface area contributed by atoms with E-state index in [9.17, 15) is 0 Å². The first-order chi connectivity index (χ1) is 6.13. The van der Waals surface area contributed by atoms with E-state index in [2.05, 4.69) is 30.9 Å². The average molecular weight is 177 g/mol. The lowest BCUT2D eigenvalue weighted by Crippen LogP contribution is -2.42. The van der Waals surface area contributed by atoms with Crippen molar-refractivity contribution in [2.24, 2.45) is 5.41 Å². The Morgan fingerprint density at radius 1 is 1.15 bits per heavy atom. The van der Waals surface area contributed by atoms with Crippen LogP contribution in [0.4, 0.5) is 0 Å². The van der Waals surface area contributed by atoms with Gasteiger partial charge in [-0.1, -0.05) is 0 Å². The summed E-state index contributed by atoms with van der Waals surface area (Å²) in [6.45, 7) is 6.04. The molecule has 3 nitrogen and oxygen atoms in total. The van der Waals surface area contributed by atoms with Crippen LogP contribution in [-0.2, 0) is 0 Å². The van der Waals surface area contributed by atoms with Crippen LogP contribution in [0.2, 0.25) is 0 Å². The van der Waals surface area contributed by atoms with Crippen LogP contribution in [0.1, 0.15) is 26.7 Å². The van der Waals surface area contributed by atoms with Crippen LogP contribution in [0.3, 0.4) is 0 Å². The van der Waals surface area contributed by atoms with Gasteiger partial charge in [0.25, 0.3) is 0 Å². The van der Waals surface area contributed by atoms with E-state index in [-0.39, 0.29) is 0 Å². The van der Waals surface area contributed by atoms with Crippen molar-refractivity contribution in [3.63, 3.8) is 0 Å². The first-order valence-electron chi connectivity index (χ1n) is 4.70. The summed E-state index contributed by atoms with van der Waals surface area (Å²) in [7, 11) is 0. The minimum atomic E-state index is -0.703. The molecule has 1 aliphatic rings. The predicted octanol–water partition coefficient (Wildman–Crippen LogP) is 1.52. The fourth-order valence-electron chi connectivity index (χ4n) is 1.67. The summed E-state index contributed by atoms with van der Waals surface area (Å²) in [5, 5.41) is 17.8. The number of nitriles is 2. The van der Waals surface area contributed by atoms with E-state index >= 15 is 0 Å². The molecule has 1 fully saturated rings. The van der Waals surface area contributed by atoms with Crippen LogP contribution >= 0.6 is 0 Å². The molecule has 1 heterocycles. The van der Waals surface area contributed by atoms with Gasteiger partial charge in [-0.15, -0.1) is 0 Å². The molecule has 0 atom stereocenters. The molecule has 0 radical (unpaired) electrons. The molecule has 1 rings (SSSR count). The topological polar surface area (TPSA) is 50.8 Å². The maximum absolute atomic E-state index is 8.88. The van der Waals surface area contributed by atoms with Gasteiger partial charge in [-0.3, -0.25) is 0 Å². The van der Waals surface area contributed by atoms with E-state index in [1.165, 1.54) is 0 Å². The van der Waals surface area contributed by atoms with Gasteiger partial charge in [0, 0.05) is 19.1 Å². The van der Waals surface area contributed by atoms with E-state index in [0.29, 0.717) is 18.9 Å². The first-order valence-corrected chi connectivity index (χ1v) is 4.70. The standard InChI is InChI=1S/C10H15N3/c1-9(2)13-5-3-10(7-11,8-12)4-6-13/h9H,3-6H2,1-2H3. The Morgan fingerprint density at radius 2 is 1.62 bits per heavy atom. The molecular formula is C10H15N3. The lowest BCUT2D eigenvalue weighted by Gasteiger charge is -2.35. The van der Waals surface area contributed by atoms with Gasteiger partial charge in [-0.25, -0.2) is 0 Å². The Morgan fingerprint density at radius 3 is 1.92 bits per heavy atom. The van der Waals surface area contributed by atoms with Crippen LogP contribution in [0, 0.1) is 28.1 Å². The zero-order valence-corrected chi connectivity index (χ0v) is 8.25. The highest BCUT2D eigenvalue weighted by Gasteiger charge is 2.35. The van der Waals surface area contributed by atoms with Crippen molar-refractivity contribution in [1.82, 2.24) is 4.90 Å². The zero-order chi connectivity index (χ0) is 9.90. The summed E-state index contributed by atoms with van der Waals surface area (Å²) in [5.74, 6) is 0. The van der Waals surface area contributed by atoms with E-state index in [0.717, 1.165) is 13.1 Å². The third kappa shape index (κ3) is 1.99. The van der Waals surface area contributed by atoms with Crippen molar-refractivity contribution < 1.29 is 0 Å². The lowest BCUT2D eigenvalue weighted by atomic mass is 9.81. The molecule has 13 heavy (non-hydrogen) atoms. The summed E-state index contributed by atoms with van der Waals surface area (Å²) >= 11 is 0. The molecule has 0 amide bonds. The predicted molar refractivity (Wildman–Crippen MR) is 49.6 cm³/mol. The third-order valence-electron chi connectivity index (χ3n) is 2.81. The molecule has 3 heteroatoms. The van der Waals surface area contributed by atoms with Gasteiger partial charge >= 0.3 is 0 Å². The SMILES string of the molecule is CC(C)N1CCC(C#N)(C#N)CC1. The van der Waals surface area contributed by atoms with E-state index < -0.39 is 5.41 Å². The molecule has 0 bridgehead atoms. The summed E-state index contributed by atoms with van der Waals surface area (Å²) in [4.78, 5) is 2.31. The molecule has 0 aromatic carbocycles. The summed E-state index contributed by atoms with van der Waals surface area (Å²) in [6, 6.07) is 4.80. The maximum atomic E-state index is 8.88. The molecule has 0 aromatic rings. The van der Waals surface area contributed by atoms with Gasteiger partial charge in [0.2, 0.25) is 0 Å². The minimum Gasteiger partial charge on any atom is -0.301 e. The Hall–Kier alpha value is -1.06.